The van der Waals surface area contributed by atoms with E-state index in [9.17, 15) is 0 Å². The van der Waals surface area contributed by atoms with Gasteiger partial charge in [-0.25, -0.2) is 9.97 Å². The SMILES string of the molecule is CCc1nc(Cc2c(Cl)cccc2Cl)nc(NC)c1Br. The number of benzene rings is 1. The molecule has 0 spiro atoms. The number of aromatic nitrogens is 2. The third-order valence-electron chi connectivity index (χ3n) is 2.93. The zero-order chi connectivity index (χ0) is 14.7. The number of rotatable bonds is 4. The van der Waals surface area contributed by atoms with Crippen molar-refractivity contribution in [3.05, 3.63) is 49.8 Å². The molecule has 3 nitrogen and oxygen atoms in total. The molecule has 0 aliphatic heterocycles. The highest BCUT2D eigenvalue weighted by Crippen LogP contribution is 2.28. The number of hydrogen-bond donors (Lipinski definition) is 1. The highest BCUT2D eigenvalue weighted by atomic mass is 79.9. The third kappa shape index (κ3) is 3.25. The molecule has 1 aromatic carbocycles. The summed E-state index contributed by atoms with van der Waals surface area (Å²) in [6.07, 6.45) is 1.33. The summed E-state index contributed by atoms with van der Waals surface area (Å²) in [5, 5.41) is 4.33. The first-order valence-corrected chi connectivity index (χ1v) is 7.77. The normalized spacial score (nSPS) is 10.7. The van der Waals surface area contributed by atoms with Crippen LogP contribution in [0.3, 0.4) is 0 Å². The van der Waals surface area contributed by atoms with Crippen LogP contribution in [0.1, 0.15) is 24.0 Å². The first-order valence-electron chi connectivity index (χ1n) is 6.22. The van der Waals surface area contributed by atoms with E-state index in [-0.39, 0.29) is 0 Å². The van der Waals surface area contributed by atoms with Gasteiger partial charge >= 0.3 is 0 Å². The van der Waals surface area contributed by atoms with Gasteiger partial charge < -0.3 is 5.32 Å². The van der Waals surface area contributed by atoms with Crippen LogP contribution in [0, 0.1) is 0 Å². The second-order valence-corrected chi connectivity index (χ2v) is 5.84. The molecule has 0 atom stereocenters. The summed E-state index contributed by atoms with van der Waals surface area (Å²) in [5.41, 5.74) is 1.81. The molecule has 6 heteroatoms. The molecular weight excluding hydrogens is 361 g/mol. The Morgan fingerprint density at radius 3 is 2.40 bits per heavy atom. The molecule has 0 aliphatic carbocycles. The largest absolute Gasteiger partial charge is 0.372 e. The Balaban J connectivity index is 2.44. The summed E-state index contributed by atoms with van der Waals surface area (Å²) in [7, 11) is 1.83. The van der Waals surface area contributed by atoms with Gasteiger partial charge in [-0.15, -0.1) is 0 Å². The van der Waals surface area contributed by atoms with Crippen LogP contribution in [0.25, 0.3) is 0 Å². The van der Waals surface area contributed by atoms with Crippen LogP contribution < -0.4 is 5.32 Å². The van der Waals surface area contributed by atoms with Crippen molar-refractivity contribution in [3.63, 3.8) is 0 Å². The first kappa shape index (κ1) is 15.5. The van der Waals surface area contributed by atoms with Gasteiger partial charge in [0.25, 0.3) is 0 Å². The fourth-order valence-electron chi connectivity index (χ4n) is 1.88. The molecule has 20 heavy (non-hydrogen) atoms. The molecule has 1 N–H and O–H groups in total. The van der Waals surface area contributed by atoms with Gasteiger partial charge in [-0.1, -0.05) is 36.2 Å². The Kier molecular flexibility index (Phi) is 5.24. The van der Waals surface area contributed by atoms with E-state index < -0.39 is 0 Å². The summed E-state index contributed by atoms with van der Waals surface area (Å²) in [6, 6.07) is 5.47. The van der Waals surface area contributed by atoms with Crippen LogP contribution in [-0.2, 0) is 12.8 Å². The maximum absolute atomic E-state index is 6.19. The number of nitrogens with one attached hydrogen (secondary N) is 1. The molecule has 2 rings (SSSR count). The molecule has 0 unspecified atom stereocenters. The standard InChI is InChI=1S/C14H14BrCl2N3/c1-3-11-13(15)14(18-2)20-12(19-11)7-8-9(16)5-4-6-10(8)17/h4-6H,3,7H2,1-2H3,(H,18,19,20). The predicted octanol–water partition coefficient (Wildman–Crippen LogP) is 4.74. The summed E-state index contributed by atoms with van der Waals surface area (Å²) >= 11 is 15.9. The second kappa shape index (κ2) is 6.74. The smallest absolute Gasteiger partial charge is 0.144 e. The highest BCUT2D eigenvalue weighted by molar-refractivity contribution is 9.10. The van der Waals surface area contributed by atoms with Crippen molar-refractivity contribution in [2.24, 2.45) is 0 Å². The zero-order valence-electron chi connectivity index (χ0n) is 11.2. The van der Waals surface area contributed by atoms with Crippen molar-refractivity contribution in [3.8, 4) is 0 Å². The molecule has 0 saturated heterocycles. The molecule has 0 aliphatic rings. The van der Waals surface area contributed by atoms with Crippen molar-refractivity contribution < 1.29 is 0 Å². The minimum atomic E-state index is 0.507. The monoisotopic (exact) mass is 373 g/mol. The van der Waals surface area contributed by atoms with Gasteiger partial charge in [-0.05, 0) is 40.0 Å². The molecule has 0 saturated carbocycles. The molecule has 106 valence electrons. The van der Waals surface area contributed by atoms with Gasteiger partial charge in [0.15, 0.2) is 0 Å². The van der Waals surface area contributed by atoms with E-state index in [1.165, 1.54) is 0 Å². The molecule has 2 aromatic rings. The van der Waals surface area contributed by atoms with Crippen molar-refractivity contribution in [1.29, 1.82) is 0 Å². The van der Waals surface area contributed by atoms with E-state index >= 15 is 0 Å². The van der Waals surface area contributed by atoms with E-state index in [1.807, 2.05) is 25.2 Å². The van der Waals surface area contributed by atoms with E-state index in [0.29, 0.717) is 22.3 Å². The maximum Gasteiger partial charge on any atom is 0.144 e. The van der Waals surface area contributed by atoms with Crippen LogP contribution in [0.5, 0.6) is 0 Å². The number of halogens is 3. The summed E-state index contributed by atoms with van der Waals surface area (Å²) < 4.78 is 0.900. The fraction of sp³-hybridized carbons (Fsp3) is 0.286. The van der Waals surface area contributed by atoms with Crippen molar-refractivity contribution >= 4 is 44.9 Å². The van der Waals surface area contributed by atoms with Gasteiger partial charge in [0.1, 0.15) is 11.6 Å². The maximum atomic E-state index is 6.19. The molecule has 0 bridgehead atoms. The van der Waals surface area contributed by atoms with Gasteiger partial charge in [0.05, 0.1) is 10.2 Å². The van der Waals surface area contributed by atoms with Crippen molar-refractivity contribution in [1.82, 2.24) is 9.97 Å². The number of nitrogens with zero attached hydrogens (tertiary/aromatic N) is 2. The lowest BCUT2D eigenvalue weighted by Gasteiger charge is -2.11. The highest BCUT2D eigenvalue weighted by Gasteiger charge is 2.13. The Bertz CT molecular complexity index is 587. The lowest BCUT2D eigenvalue weighted by molar-refractivity contribution is 0.898. The van der Waals surface area contributed by atoms with Gasteiger partial charge in [-0.3, -0.25) is 0 Å². The molecule has 0 fully saturated rings. The lowest BCUT2D eigenvalue weighted by atomic mass is 10.1. The Morgan fingerprint density at radius 2 is 1.85 bits per heavy atom. The van der Waals surface area contributed by atoms with E-state index in [2.05, 4.69) is 38.1 Å². The van der Waals surface area contributed by atoms with E-state index in [4.69, 9.17) is 23.2 Å². The third-order valence-corrected chi connectivity index (χ3v) is 4.48. The van der Waals surface area contributed by atoms with Gasteiger partial charge in [0.2, 0.25) is 0 Å². The predicted molar refractivity (Wildman–Crippen MR) is 87.9 cm³/mol. The second-order valence-electron chi connectivity index (χ2n) is 4.23. The Morgan fingerprint density at radius 1 is 1.20 bits per heavy atom. The fourth-order valence-corrected chi connectivity index (χ4v) is 3.07. The van der Waals surface area contributed by atoms with Crippen molar-refractivity contribution in [2.45, 2.75) is 19.8 Å². The van der Waals surface area contributed by atoms with Gasteiger partial charge in [-0.2, -0.15) is 0 Å². The van der Waals surface area contributed by atoms with Crippen LogP contribution in [0.2, 0.25) is 10.0 Å². The molecule has 0 radical (unpaired) electrons. The molecule has 0 amide bonds. The molecule has 1 aromatic heterocycles. The number of hydrogen-bond acceptors (Lipinski definition) is 3. The summed E-state index contributed by atoms with van der Waals surface area (Å²) in [4.78, 5) is 9.05. The minimum absolute atomic E-state index is 0.507. The van der Waals surface area contributed by atoms with E-state index in [1.54, 1.807) is 0 Å². The Hall–Kier alpha value is -0.840. The molecule has 1 heterocycles. The quantitative estimate of drug-likeness (QED) is 0.839. The first-order chi connectivity index (χ1) is 9.56. The van der Waals surface area contributed by atoms with Crippen LogP contribution in [0.4, 0.5) is 5.82 Å². The van der Waals surface area contributed by atoms with Crippen molar-refractivity contribution in [2.75, 3.05) is 12.4 Å². The topological polar surface area (TPSA) is 37.8 Å². The number of aryl methyl sites for hydroxylation is 1. The summed E-state index contributed by atoms with van der Waals surface area (Å²) in [6.45, 7) is 2.05. The number of anilines is 1. The van der Waals surface area contributed by atoms with Crippen LogP contribution >= 0.6 is 39.1 Å². The van der Waals surface area contributed by atoms with Gasteiger partial charge in [0, 0.05) is 23.5 Å². The van der Waals surface area contributed by atoms with Crippen LogP contribution in [-0.4, -0.2) is 17.0 Å². The Labute approximate surface area is 136 Å². The minimum Gasteiger partial charge on any atom is -0.372 e. The van der Waals surface area contributed by atoms with Crippen LogP contribution in [0.15, 0.2) is 22.7 Å². The average molecular weight is 375 g/mol. The lowest BCUT2D eigenvalue weighted by Crippen LogP contribution is -2.06. The zero-order valence-corrected chi connectivity index (χ0v) is 14.3. The summed E-state index contributed by atoms with van der Waals surface area (Å²) in [5.74, 6) is 1.47. The molecular formula is C14H14BrCl2N3. The average Bonchev–Trinajstić information content (AvgIpc) is 2.44. The van der Waals surface area contributed by atoms with E-state index in [0.717, 1.165) is 28.0 Å².